The number of rotatable bonds is 5. The van der Waals surface area contributed by atoms with Crippen molar-refractivity contribution in [1.82, 2.24) is 9.55 Å². The van der Waals surface area contributed by atoms with Gasteiger partial charge in [0.2, 0.25) is 0 Å². The summed E-state index contributed by atoms with van der Waals surface area (Å²) in [5.41, 5.74) is 6.58. The quantitative estimate of drug-likeness (QED) is 0.469. The number of pyridine rings is 1. The Hall–Kier alpha value is -2.87. The molecule has 4 rings (SSSR count). The molecule has 2 heterocycles. The number of hydrogen-bond donors (Lipinski definition) is 0. The zero-order valence-electron chi connectivity index (χ0n) is 14.5. The standard InChI is InChI=1S/C23H22N2/c1-2-9-20-21-13-6-7-14-22(21)25(19-12-8-15-24-17-19)23(20)16-18-10-4-3-5-11-18/h3-8,10-15,17H,2,9,16H2,1H3. The highest BCUT2D eigenvalue weighted by atomic mass is 15.0. The van der Waals surface area contributed by atoms with Gasteiger partial charge in [-0.3, -0.25) is 4.98 Å². The Bertz CT molecular complexity index is 969. The summed E-state index contributed by atoms with van der Waals surface area (Å²) >= 11 is 0. The van der Waals surface area contributed by atoms with E-state index in [4.69, 9.17) is 0 Å². The van der Waals surface area contributed by atoms with E-state index < -0.39 is 0 Å². The van der Waals surface area contributed by atoms with E-state index in [1.165, 1.54) is 27.7 Å². The summed E-state index contributed by atoms with van der Waals surface area (Å²) in [7, 11) is 0. The van der Waals surface area contributed by atoms with E-state index in [1.54, 1.807) is 0 Å². The zero-order valence-corrected chi connectivity index (χ0v) is 14.5. The SMILES string of the molecule is CCCc1c(Cc2ccccc2)n(-c2cccnc2)c2ccccc12. The second-order valence-electron chi connectivity index (χ2n) is 6.40. The second kappa shape index (κ2) is 6.94. The summed E-state index contributed by atoms with van der Waals surface area (Å²) in [6.45, 7) is 2.25. The first-order valence-electron chi connectivity index (χ1n) is 8.94. The molecule has 0 spiro atoms. The number of aromatic nitrogens is 2. The van der Waals surface area contributed by atoms with Crippen molar-refractivity contribution < 1.29 is 0 Å². The average Bonchev–Trinajstić information content (AvgIpc) is 2.97. The van der Waals surface area contributed by atoms with Crippen LogP contribution in [0.2, 0.25) is 0 Å². The first-order valence-corrected chi connectivity index (χ1v) is 8.94. The molecule has 0 aliphatic heterocycles. The molecule has 25 heavy (non-hydrogen) atoms. The summed E-state index contributed by atoms with van der Waals surface area (Å²) in [6.07, 6.45) is 6.95. The fourth-order valence-corrected chi connectivity index (χ4v) is 3.64. The van der Waals surface area contributed by atoms with Gasteiger partial charge in [-0.1, -0.05) is 61.9 Å². The van der Waals surface area contributed by atoms with Crippen LogP contribution in [0.5, 0.6) is 0 Å². The Balaban J connectivity index is 1.98. The maximum Gasteiger partial charge on any atom is 0.0642 e. The minimum absolute atomic E-state index is 0.930. The van der Waals surface area contributed by atoms with Gasteiger partial charge < -0.3 is 4.57 Å². The van der Waals surface area contributed by atoms with Gasteiger partial charge in [0, 0.05) is 23.7 Å². The molecule has 2 heteroatoms. The minimum atomic E-state index is 0.930. The van der Waals surface area contributed by atoms with E-state index in [9.17, 15) is 0 Å². The lowest BCUT2D eigenvalue weighted by Gasteiger charge is -2.12. The first kappa shape index (κ1) is 15.6. The van der Waals surface area contributed by atoms with Gasteiger partial charge >= 0.3 is 0 Å². The van der Waals surface area contributed by atoms with E-state index in [0.717, 1.165) is 24.9 Å². The summed E-state index contributed by atoms with van der Waals surface area (Å²) in [6, 6.07) is 23.6. The van der Waals surface area contributed by atoms with Crippen LogP contribution in [0, 0.1) is 0 Å². The van der Waals surface area contributed by atoms with Crippen molar-refractivity contribution in [3.63, 3.8) is 0 Å². The van der Waals surface area contributed by atoms with Gasteiger partial charge in [-0.25, -0.2) is 0 Å². The highest BCUT2D eigenvalue weighted by Crippen LogP contribution is 2.32. The van der Waals surface area contributed by atoms with Crippen LogP contribution in [-0.4, -0.2) is 9.55 Å². The van der Waals surface area contributed by atoms with Crippen LogP contribution in [0.4, 0.5) is 0 Å². The molecule has 0 bridgehead atoms. The van der Waals surface area contributed by atoms with E-state index >= 15 is 0 Å². The number of aryl methyl sites for hydroxylation is 1. The van der Waals surface area contributed by atoms with Gasteiger partial charge in [0.15, 0.2) is 0 Å². The topological polar surface area (TPSA) is 17.8 Å². The largest absolute Gasteiger partial charge is 0.311 e. The monoisotopic (exact) mass is 326 g/mol. The van der Waals surface area contributed by atoms with E-state index in [0.29, 0.717) is 0 Å². The molecular weight excluding hydrogens is 304 g/mol. The number of fused-ring (bicyclic) bond motifs is 1. The fraction of sp³-hybridized carbons (Fsp3) is 0.174. The predicted octanol–water partition coefficient (Wildman–Crippen LogP) is 5.57. The Morgan fingerprint density at radius 1 is 0.880 bits per heavy atom. The molecule has 124 valence electrons. The van der Waals surface area contributed by atoms with Crippen LogP contribution in [0.25, 0.3) is 16.6 Å². The lowest BCUT2D eigenvalue weighted by molar-refractivity contribution is 0.882. The van der Waals surface area contributed by atoms with Crippen molar-refractivity contribution in [2.75, 3.05) is 0 Å². The smallest absolute Gasteiger partial charge is 0.0642 e. The molecule has 0 saturated heterocycles. The molecule has 0 aliphatic carbocycles. The van der Waals surface area contributed by atoms with Crippen LogP contribution >= 0.6 is 0 Å². The van der Waals surface area contributed by atoms with Gasteiger partial charge in [0.1, 0.15) is 0 Å². The molecule has 2 nitrogen and oxygen atoms in total. The molecule has 4 aromatic rings. The van der Waals surface area contributed by atoms with Crippen molar-refractivity contribution in [3.8, 4) is 5.69 Å². The van der Waals surface area contributed by atoms with Crippen molar-refractivity contribution in [1.29, 1.82) is 0 Å². The Morgan fingerprint density at radius 2 is 1.68 bits per heavy atom. The third kappa shape index (κ3) is 2.96. The van der Waals surface area contributed by atoms with Gasteiger partial charge in [0.25, 0.3) is 0 Å². The molecular formula is C23H22N2. The van der Waals surface area contributed by atoms with Crippen LogP contribution in [0.3, 0.4) is 0 Å². The third-order valence-electron chi connectivity index (χ3n) is 4.71. The molecule has 0 radical (unpaired) electrons. The molecule has 0 atom stereocenters. The Kier molecular flexibility index (Phi) is 4.34. The Morgan fingerprint density at radius 3 is 2.44 bits per heavy atom. The maximum atomic E-state index is 4.35. The molecule has 0 fully saturated rings. The van der Waals surface area contributed by atoms with Gasteiger partial charge in [-0.15, -0.1) is 0 Å². The van der Waals surface area contributed by atoms with Gasteiger partial charge in [-0.05, 0) is 35.7 Å². The number of nitrogens with zero attached hydrogens (tertiary/aromatic N) is 2. The lowest BCUT2D eigenvalue weighted by Crippen LogP contribution is -2.04. The summed E-state index contributed by atoms with van der Waals surface area (Å²) < 4.78 is 2.39. The highest BCUT2D eigenvalue weighted by molar-refractivity contribution is 5.87. The molecule has 2 aromatic heterocycles. The van der Waals surface area contributed by atoms with E-state index in [-0.39, 0.29) is 0 Å². The average molecular weight is 326 g/mol. The molecule has 0 saturated carbocycles. The van der Waals surface area contributed by atoms with Crippen LogP contribution < -0.4 is 0 Å². The highest BCUT2D eigenvalue weighted by Gasteiger charge is 2.17. The first-order chi connectivity index (χ1) is 12.4. The molecule has 0 amide bonds. The molecule has 0 aliphatic rings. The van der Waals surface area contributed by atoms with Crippen LogP contribution in [0.1, 0.15) is 30.2 Å². The van der Waals surface area contributed by atoms with Crippen molar-refractivity contribution >= 4 is 10.9 Å². The fourth-order valence-electron chi connectivity index (χ4n) is 3.64. The molecule has 0 unspecified atom stereocenters. The third-order valence-corrected chi connectivity index (χ3v) is 4.71. The van der Waals surface area contributed by atoms with Crippen LogP contribution in [0.15, 0.2) is 79.1 Å². The zero-order chi connectivity index (χ0) is 17.1. The summed E-state index contributed by atoms with van der Waals surface area (Å²) in [5.74, 6) is 0. The van der Waals surface area contributed by atoms with Gasteiger partial charge in [-0.2, -0.15) is 0 Å². The summed E-state index contributed by atoms with van der Waals surface area (Å²) in [4.78, 5) is 4.35. The van der Waals surface area contributed by atoms with E-state index in [1.807, 2.05) is 18.5 Å². The van der Waals surface area contributed by atoms with Gasteiger partial charge in [0.05, 0.1) is 17.4 Å². The Labute approximate surface area is 148 Å². The predicted molar refractivity (Wildman–Crippen MR) is 104 cm³/mol. The van der Waals surface area contributed by atoms with Crippen molar-refractivity contribution in [2.24, 2.45) is 0 Å². The molecule has 0 N–H and O–H groups in total. The van der Waals surface area contributed by atoms with Crippen molar-refractivity contribution in [2.45, 2.75) is 26.2 Å². The molecule has 2 aromatic carbocycles. The number of para-hydroxylation sites is 1. The minimum Gasteiger partial charge on any atom is -0.311 e. The summed E-state index contributed by atoms with van der Waals surface area (Å²) in [5, 5.41) is 1.36. The second-order valence-corrected chi connectivity index (χ2v) is 6.40. The van der Waals surface area contributed by atoms with Crippen molar-refractivity contribution in [3.05, 3.63) is 95.9 Å². The number of benzene rings is 2. The van der Waals surface area contributed by atoms with Crippen LogP contribution in [-0.2, 0) is 12.8 Å². The number of hydrogen-bond acceptors (Lipinski definition) is 1. The lowest BCUT2D eigenvalue weighted by atomic mass is 10.0. The van der Waals surface area contributed by atoms with E-state index in [2.05, 4.69) is 77.1 Å². The maximum absolute atomic E-state index is 4.35. The normalized spacial score (nSPS) is 11.1.